The highest BCUT2D eigenvalue weighted by molar-refractivity contribution is 7.88. The van der Waals surface area contributed by atoms with Gasteiger partial charge in [0.25, 0.3) is 5.91 Å². The van der Waals surface area contributed by atoms with Crippen LogP contribution in [0.15, 0.2) is 24.3 Å². The zero-order valence-corrected chi connectivity index (χ0v) is 14.2. The van der Waals surface area contributed by atoms with Crippen molar-refractivity contribution in [2.45, 2.75) is 44.2 Å². The SMILES string of the molecule is CS(=O)(=O)N(C(=O)c1ccc(OC(F)(F)F)cc1)C1CCC(O)CC1. The maximum atomic E-state index is 12.6. The lowest BCUT2D eigenvalue weighted by atomic mass is 9.93. The number of carbonyl (C=O) groups excluding carboxylic acids is 1. The maximum Gasteiger partial charge on any atom is 0.573 e. The second-order valence-electron chi connectivity index (χ2n) is 5.90. The van der Waals surface area contributed by atoms with E-state index in [2.05, 4.69) is 4.74 Å². The van der Waals surface area contributed by atoms with Crippen molar-refractivity contribution in [2.75, 3.05) is 6.26 Å². The minimum absolute atomic E-state index is 0.0638. The second kappa shape index (κ2) is 7.20. The van der Waals surface area contributed by atoms with Gasteiger partial charge in [0.1, 0.15) is 5.75 Å². The van der Waals surface area contributed by atoms with E-state index in [9.17, 15) is 31.5 Å². The average molecular weight is 381 g/mol. The number of amides is 1. The van der Waals surface area contributed by atoms with Crippen LogP contribution in [0.5, 0.6) is 5.75 Å². The van der Waals surface area contributed by atoms with Gasteiger partial charge in [-0.1, -0.05) is 0 Å². The average Bonchev–Trinajstić information content (AvgIpc) is 2.47. The summed E-state index contributed by atoms with van der Waals surface area (Å²) in [4.78, 5) is 12.6. The van der Waals surface area contributed by atoms with Gasteiger partial charge in [0, 0.05) is 11.6 Å². The smallest absolute Gasteiger partial charge is 0.406 e. The Morgan fingerprint density at radius 2 is 1.68 bits per heavy atom. The molecule has 1 fully saturated rings. The van der Waals surface area contributed by atoms with E-state index in [0.29, 0.717) is 25.7 Å². The molecule has 1 N–H and O–H groups in total. The molecule has 0 radical (unpaired) electrons. The number of rotatable bonds is 4. The molecule has 0 saturated heterocycles. The van der Waals surface area contributed by atoms with E-state index >= 15 is 0 Å². The van der Waals surface area contributed by atoms with Crippen LogP contribution < -0.4 is 4.74 Å². The molecule has 0 heterocycles. The first kappa shape index (κ1) is 19.5. The van der Waals surface area contributed by atoms with E-state index in [-0.39, 0.29) is 5.56 Å². The maximum absolute atomic E-state index is 12.6. The molecule has 1 aliphatic carbocycles. The number of aliphatic hydroxyl groups is 1. The van der Waals surface area contributed by atoms with Crippen molar-refractivity contribution in [1.29, 1.82) is 0 Å². The Morgan fingerprint density at radius 1 is 1.16 bits per heavy atom. The highest BCUT2D eigenvalue weighted by Crippen LogP contribution is 2.28. The quantitative estimate of drug-likeness (QED) is 0.865. The van der Waals surface area contributed by atoms with Crippen LogP contribution in [0.2, 0.25) is 0 Å². The van der Waals surface area contributed by atoms with Crippen molar-refractivity contribution >= 4 is 15.9 Å². The molecule has 1 aromatic rings. The van der Waals surface area contributed by atoms with Gasteiger partial charge in [0.15, 0.2) is 0 Å². The largest absolute Gasteiger partial charge is 0.573 e. The highest BCUT2D eigenvalue weighted by atomic mass is 32.2. The summed E-state index contributed by atoms with van der Waals surface area (Å²) in [6, 6.07) is 3.48. The van der Waals surface area contributed by atoms with Crippen LogP contribution in [-0.4, -0.2) is 48.5 Å². The second-order valence-corrected chi connectivity index (χ2v) is 7.76. The summed E-state index contributed by atoms with van der Waals surface area (Å²) in [5, 5.41) is 9.53. The predicted molar refractivity (Wildman–Crippen MR) is 82.4 cm³/mol. The molecule has 0 unspecified atom stereocenters. The number of benzene rings is 1. The lowest BCUT2D eigenvalue weighted by molar-refractivity contribution is -0.274. The summed E-state index contributed by atoms with van der Waals surface area (Å²) in [5.41, 5.74) is -0.0638. The Morgan fingerprint density at radius 3 is 2.12 bits per heavy atom. The first-order valence-electron chi connectivity index (χ1n) is 7.55. The molecule has 6 nitrogen and oxygen atoms in total. The Balaban J connectivity index is 2.22. The summed E-state index contributed by atoms with van der Waals surface area (Å²) in [6.07, 6.45) is -3.06. The van der Waals surface area contributed by atoms with Crippen LogP contribution in [-0.2, 0) is 10.0 Å². The number of hydrogen-bond donors (Lipinski definition) is 1. The number of alkyl halides is 3. The molecule has 0 aliphatic heterocycles. The lowest BCUT2D eigenvalue weighted by Gasteiger charge is -2.34. The molecule has 0 atom stereocenters. The van der Waals surface area contributed by atoms with Gasteiger partial charge in [0.05, 0.1) is 12.4 Å². The summed E-state index contributed by atoms with van der Waals surface area (Å²) in [7, 11) is -3.88. The molecule has 0 aromatic heterocycles. The third kappa shape index (κ3) is 5.33. The number of sulfonamides is 1. The van der Waals surface area contributed by atoms with Gasteiger partial charge >= 0.3 is 6.36 Å². The molecule has 1 amide bonds. The Kier molecular flexibility index (Phi) is 5.62. The van der Waals surface area contributed by atoms with Gasteiger partial charge in [-0.2, -0.15) is 0 Å². The first-order valence-corrected chi connectivity index (χ1v) is 9.40. The summed E-state index contributed by atoms with van der Waals surface area (Å²) in [6.45, 7) is 0. The van der Waals surface area contributed by atoms with Crippen LogP contribution in [0.25, 0.3) is 0 Å². The van der Waals surface area contributed by atoms with Crippen LogP contribution in [0, 0.1) is 0 Å². The van der Waals surface area contributed by atoms with E-state index in [1.807, 2.05) is 0 Å². The van der Waals surface area contributed by atoms with Crippen molar-refractivity contribution in [3.63, 3.8) is 0 Å². The van der Waals surface area contributed by atoms with Crippen molar-refractivity contribution in [2.24, 2.45) is 0 Å². The third-order valence-corrected chi connectivity index (χ3v) is 5.07. The van der Waals surface area contributed by atoms with Gasteiger partial charge in [-0.25, -0.2) is 12.7 Å². The fourth-order valence-electron chi connectivity index (χ4n) is 2.81. The molecule has 10 heteroatoms. The standard InChI is InChI=1S/C15H18F3NO5S/c1-25(22,23)19(11-4-6-12(20)7-5-11)14(21)10-2-8-13(9-3-10)24-15(16,17)18/h2-3,8-9,11-12,20H,4-7H2,1H3. The zero-order chi connectivity index (χ0) is 18.8. The Bertz CT molecular complexity index is 710. The minimum atomic E-state index is -4.85. The molecule has 0 bridgehead atoms. The van der Waals surface area contributed by atoms with Crippen molar-refractivity contribution < 1.29 is 36.2 Å². The van der Waals surface area contributed by atoms with E-state index in [4.69, 9.17) is 0 Å². The molecule has 1 aromatic carbocycles. The predicted octanol–water partition coefficient (Wildman–Crippen LogP) is 2.29. The zero-order valence-electron chi connectivity index (χ0n) is 13.4. The van der Waals surface area contributed by atoms with Gasteiger partial charge in [-0.3, -0.25) is 4.79 Å². The number of aliphatic hydroxyl groups excluding tert-OH is 1. The molecule has 1 saturated carbocycles. The van der Waals surface area contributed by atoms with E-state index < -0.39 is 40.2 Å². The number of nitrogens with zero attached hydrogens (tertiary/aromatic N) is 1. The molecule has 140 valence electrons. The van der Waals surface area contributed by atoms with Gasteiger partial charge in [-0.05, 0) is 49.9 Å². The van der Waals surface area contributed by atoms with Crippen LogP contribution in [0.4, 0.5) is 13.2 Å². The lowest BCUT2D eigenvalue weighted by Crippen LogP contribution is -2.46. The summed E-state index contributed by atoms with van der Waals surface area (Å²) in [5.74, 6) is -1.32. The van der Waals surface area contributed by atoms with Gasteiger partial charge < -0.3 is 9.84 Å². The molecule has 0 spiro atoms. The van der Waals surface area contributed by atoms with E-state index in [0.717, 1.165) is 34.8 Å². The van der Waals surface area contributed by atoms with Gasteiger partial charge in [-0.15, -0.1) is 13.2 Å². The number of carbonyl (C=O) groups is 1. The van der Waals surface area contributed by atoms with Crippen molar-refractivity contribution in [1.82, 2.24) is 4.31 Å². The molecule has 2 rings (SSSR count). The minimum Gasteiger partial charge on any atom is -0.406 e. The fraction of sp³-hybridized carbons (Fsp3) is 0.533. The van der Waals surface area contributed by atoms with Gasteiger partial charge in [0.2, 0.25) is 10.0 Å². The number of hydrogen-bond acceptors (Lipinski definition) is 5. The topological polar surface area (TPSA) is 83.9 Å². The fourth-order valence-corrected chi connectivity index (χ4v) is 3.97. The van der Waals surface area contributed by atoms with Crippen LogP contribution in [0.3, 0.4) is 0 Å². The first-order chi connectivity index (χ1) is 11.5. The van der Waals surface area contributed by atoms with E-state index in [1.54, 1.807) is 0 Å². The summed E-state index contributed by atoms with van der Waals surface area (Å²) >= 11 is 0. The molecular formula is C15H18F3NO5S. The monoisotopic (exact) mass is 381 g/mol. The molecule has 25 heavy (non-hydrogen) atoms. The van der Waals surface area contributed by atoms with Crippen molar-refractivity contribution in [3.8, 4) is 5.75 Å². The van der Waals surface area contributed by atoms with Crippen molar-refractivity contribution in [3.05, 3.63) is 29.8 Å². The molecule has 1 aliphatic rings. The summed E-state index contributed by atoms with van der Waals surface area (Å²) < 4.78 is 65.1. The number of halogens is 3. The van der Waals surface area contributed by atoms with Crippen LogP contribution in [0.1, 0.15) is 36.0 Å². The third-order valence-electron chi connectivity index (χ3n) is 3.89. The Hall–Kier alpha value is -1.81. The molecular weight excluding hydrogens is 363 g/mol. The van der Waals surface area contributed by atoms with E-state index in [1.165, 1.54) is 0 Å². The number of ether oxygens (including phenoxy) is 1. The van der Waals surface area contributed by atoms with Crippen LogP contribution >= 0.6 is 0 Å². The highest BCUT2D eigenvalue weighted by Gasteiger charge is 2.35. The normalized spacial score (nSPS) is 21.6. The Labute approximate surface area is 143 Å².